The molecular formula is C25H31N3O4. The van der Waals surface area contributed by atoms with Gasteiger partial charge in [-0.15, -0.1) is 0 Å². The van der Waals surface area contributed by atoms with E-state index in [0.29, 0.717) is 41.8 Å². The summed E-state index contributed by atoms with van der Waals surface area (Å²) < 4.78 is 12.1. The molecule has 1 aromatic heterocycles. The third kappa shape index (κ3) is 5.87. The molecule has 1 heterocycles. The third-order valence-electron chi connectivity index (χ3n) is 5.44. The molecule has 3 rings (SSSR count). The highest BCUT2D eigenvalue weighted by Gasteiger charge is 2.11. The Morgan fingerprint density at radius 2 is 1.75 bits per heavy atom. The number of fused-ring (bicyclic) bond motifs is 1. The Labute approximate surface area is 188 Å². The zero-order valence-corrected chi connectivity index (χ0v) is 19.0. The lowest BCUT2D eigenvalue weighted by molar-refractivity contribution is -0.116. The zero-order chi connectivity index (χ0) is 22.9. The van der Waals surface area contributed by atoms with Crippen LogP contribution in [0.3, 0.4) is 0 Å². The second-order valence-corrected chi connectivity index (χ2v) is 7.77. The van der Waals surface area contributed by atoms with Crippen molar-refractivity contribution in [3.63, 3.8) is 0 Å². The fourth-order valence-electron chi connectivity index (χ4n) is 3.61. The number of hydrogen-bond acceptors (Lipinski definition) is 5. The van der Waals surface area contributed by atoms with E-state index in [2.05, 4.69) is 29.4 Å². The molecule has 2 aromatic carbocycles. The van der Waals surface area contributed by atoms with E-state index in [9.17, 15) is 9.59 Å². The Kier molecular flexibility index (Phi) is 8.25. The van der Waals surface area contributed by atoms with E-state index in [1.54, 1.807) is 12.1 Å². The number of carbonyl (C=O) groups excluding carboxylic acids is 1. The maximum absolute atomic E-state index is 12.8. The standard InChI is InChI=1S/C25H31N3O4/c1-4-5-6-8-18-10-12-19(13-11-18)27-24(29)9-7-14-28-17-26-21-16-23(32-3)22(31-2)15-20(21)25(28)30/h10-13,15-17H,4-9,14H2,1-3H3,(H,27,29). The van der Waals surface area contributed by atoms with E-state index >= 15 is 0 Å². The maximum atomic E-state index is 12.8. The molecular weight excluding hydrogens is 406 g/mol. The Bertz CT molecular complexity index is 1110. The molecule has 0 unspecified atom stereocenters. The minimum absolute atomic E-state index is 0.0723. The van der Waals surface area contributed by atoms with Gasteiger partial charge in [-0.25, -0.2) is 4.98 Å². The predicted molar refractivity (Wildman–Crippen MR) is 127 cm³/mol. The third-order valence-corrected chi connectivity index (χ3v) is 5.44. The number of anilines is 1. The first-order chi connectivity index (χ1) is 15.5. The van der Waals surface area contributed by atoms with Gasteiger partial charge in [-0.3, -0.25) is 14.2 Å². The molecule has 0 bridgehead atoms. The first kappa shape index (κ1) is 23.3. The number of ether oxygens (including phenoxy) is 2. The summed E-state index contributed by atoms with van der Waals surface area (Å²) in [7, 11) is 3.06. The molecule has 0 aliphatic carbocycles. The number of benzene rings is 2. The van der Waals surface area contributed by atoms with Crippen LogP contribution in [0.1, 0.15) is 44.6 Å². The molecule has 3 aromatic rings. The highest BCUT2D eigenvalue weighted by atomic mass is 16.5. The molecule has 7 nitrogen and oxygen atoms in total. The molecule has 0 spiro atoms. The Morgan fingerprint density at radius 3 is 2.44 bits per heavy atom. The van der Waals surface area contributed by atoms with Crippen molar-refractivity contribution in [2.24, 2.45) is 0 Å². The SMILES string of the molecule is CCCCCc1ccc(NC(=O)CCCn2cnc3cc(OC)c(OC)cc3c2=O)cc1. The van der Waals surface area contributed by atoms with Crippen LogP contribution in [0.25, 0.3) is 10.9 Å². The summed E-state index contributed by atoms with van der Waals surface area (Å²) in [5, 5.41) is 3.37. The molecule has 0 fully saturated rings. The van der Waals surface area contributed by atoms with Gasteiger partial charge in [-0.1, -0.05) is 31.9 Å². The van der Waals surface area contributed by atoms with Crippen molar-refractivity contribution >= 4 is 22.5 Å². The molecule has 0 atom stereocenters. The van der Waals surface area contributed by atoms with Crippen LogP contribution in [0.2, 0.25) is 0 Å². The van der Waals surface area contributed by atoms with E-state index in [0.717, 1.165) is 12.1 Å². The Balaban J connectivity index is 1.56. The number of aromatic nitrogens is 2. The smallest absolute Gasteiger partial charge is 0.261 e. The average molecular weight is 438 g/mol. The summed E-state index contributed by atoms with van der Waals surface area (Å²) in [5.74, 6) is 0.930. The van der Waals surface area contributed by atoms with Crippen molar-refractivity contribution in [3.05, 3.63) is 58.6 Å². The van der Waals surface area contributed by atoms with Crippen LogP contribution in [0.4, 0.5) is 5.69 Å². The topological polar surface area (TPSA) is 82.5 Å². The van der Waals surface area contributed by atoms with Crippen molar-refractivity contribution in [2.75, 3.05) is 19.5 Å². The van der Waals surface area contributed by atoms with Crippen molar-refractivity contribution in [1.29, 1.82) is 0 Å². The molecule has 1 N–H and O–H groups in total. The van der Waals surface area contributed by atoms with Gasteiger partial charge in [-0.2, -0.15) is 0 Å². The molecule has 0 radical (unpaired) electrons. The van der Waals surface area contributed by atoms with Gasteiger partial charge in [0, 0.05) is 24.7 Å². The van der Waals surface area contributed by atoms with Crippen molar-refractivity contribution < 1.29 is 14.3 Å². The van der Waals surface area contributed by atoms with E-state index < -0.39 is 0 Å². The summed E-state index contributed by atoms with van der Waals surface area (Å²) in [6, 6.07) is 11.3. The van der Waals surface area contributed by atoms with E-state index in [1.807, 2.05) is 12.1 Å². The maximum Gasteiger partial charge on any atom is 0.261 e. The fourth-order valence-corrected chi connectivity index (χ4v) is 3.61. The molecule has 7 heteroatoms. The number of nitrogens with zero attached hydrogens (tertiary/aromatic N) is 2. The van der Waals surface area contributed by atoms with Crippen molar-refractivity contribution in [3.8, 4) is 11.5 Å². The molecule has 0 aliphatic rings. The molecule has 1 amide bonds. The lowest BCUT2D eigenvalue weighted by Gasteiger charge is -2.11. The summed E-state index contributed by atoms with van der Waals surface area (Å²) in [6.07, 6.45) is 7.04. The van der Waals surface area contributed by atoms with Gasteiger partial charge in [0.2, 0.25) is 5.91 Å². The molecule has 0 saturated carbocycles. The van der Waals surface area contributed by atoms with Gasteiger partial charge in [-0.05, 0) is 43.0 Å². The van der Waals surface area contributed by atoms with Gasteiger partial charge in [0.05, 0.1) is 31.4 Å². The summed E-state index contributed by atoms with van der Waals surface area (Å²) >= 11 is 0. The van der Waals surface area contributed by atoms with Crippen molar-refractivity contribution in [1.82, 2.24) is 9.55 Å². The lowest BCUT2D eigenvalue weighted by atomic mass is 10.1. The first-order valence-corrected chi connectivity index (χ1v) is 11.1. The lowest BCUT2D eigenvalue weighted by Crippen LogP contribution is -2.22. The van der Waals surface area contributed by atoms with E-state index in [1.165, 1.54) is 49.9 Å². The zero-order valence-electron chi connectivity index (χ0n) is 19.0. The van der Waals surface area contributed by atoms with Gasteiger partial charge >= 0.3 is 0 Å². The van der Waals surface area contributed by atoms with Crippen LogP contribution in [0.15, 0.2) is 47.5 Å². The number of hydrogen-bond donors (Lipinski definition) is 1. The summed E-state index contributed by atoms with van der Waals surface area (Å²) in [6.45, 7) is 2.60. The molecule has 0 aliphatic heterocycles. The predicted octanol–water partition coefficient (Wildman–Crippen LogP) is 4.57. The Hall–Kier alpha value is -3.35. The van der Waals surface area contributed by atoms with Crippen molar-refractivity contribution in [2.45, 2.75) is 52.0 Å². The number of nitrogens with one attached hydrogen (secondary N) is 1. The summed E-state index contributed by atoms with van der Waals surface area (Å²) in [5.41, 5.74) is 2.45. The highest BCUT2D eigenvalue weighted by Crippen LogP contribution is 2.29. The van der Waals surface area contributed by atoms with Gasteiger partial charge < -0.3 is 14.8 Å². The van der Waals surface area contributed by atoms with Gasteiger partial charge in [0.25, 0.3) is 5.56 Å². The molecule has 0 saturated heterocycles. The molecule has 170 valence electrons. The largest absolute Gasteiger partial charge is 0.493 e. The number of rotatable bonds is 11. The van der Waals surface area contributed by atoms with Gasteiger partial charge in [0.1, 0.15) is 0 Å². The fraction of sp³-hybridized carbons (Fsp3) is 0.400. The van der Waals surface area contributed by atoms with Crippen LogP contribution in [-0.2, 0) is 17.8 Å². The number of carbonyl (C=O) groups is 1. The van der Waals surface area contributed by atoms with Crippen LogP contribution in [0, 0.1) is 0 Å². The normalized spacial score (nSPS) is 10.8. The van der Waals surface area contributed by atoms with Crippen LogP contribution < -0.4 is 20.3 Å². The first-order valence-electron chi connectivity index (χ1n) is 11.1. The summed E-state index contributed by atoms with van der Waals surface area (Å²) in [4.78, 5) is 29.5. The second kappa shape index (κ2) is 11.3. The van der Waals surface area contributed by atoms with Gasteiger partial charge in [0.15, 0.2) is 11.5 Å². The molecule has 32 heavy (non-hydrogen) atoms. The minimum Gasteiger partial charge on any atom is -0.493 e. The Morgan fingerprint density at radius 1 is 1.03 bits per heavy atom. The van der Waals surface area contributed by atoms with Crippen LogP contribution in [-0.4, -0.2) is 29.7 Å². The van der Waals surface area contributed by atoms with Crippen LogP contribution >= 0.6 is 0 Å². The van der Waals surface area contributed by atoms with Crippen LogP contribution in [0.5, 0.6) is 11.5 Å². The number of aryl methyl sites for hydroxylation is 2. The number of amides is 1. The number of unbranched alkanes of at least 4 members (excludes halogenated alkanes) is 2. The number of methoxy groups -OCH3 is 2. The minimum atomic E-state index is -0.171. The van der Waals surface area contributed by atoms with E-state index in [4.69, 9.17) is 9.47 Å². The van der Waals surface area contributed by atoms with E-state index in [-0.39, 0.29) is 11.5 Å². The average Bonchev–Trinajstić information content (AvgIpc) is 2.81. The monoisotopic (exact) mass is 437 g/mol. The second-order valence-electron chi connectivity index (χ2n) is 7.77. The quantitative estimate of drug-likeness (QED) is 0.445. The highest BCUT2D eigenvalue weighted by molar-refractivity contribution is 5.90.